The van der Waals surface area contributed by atoms with Crippen LogP contribution in [-0.2, 0) is 0 Å². The first-order chi connectivity index (χ1) is 13.0. The van der Waals surface area contributed by atoms with Crippen LogP contribution in [0.15, 0.2) is 28.2 Å². The van der Waals surface area contributed by atoms with Gasteiger partial charge in [0.05, 0.1) is 15.2 Å². The Hall–Kier alpha value is -0.399. The summed E-state index contributed by atoms with van der Waals surface area (Å²) in [5.74, 6) is 0. The molecule has 0 aromatic carbocycles. The fourth-order valence-corrected chi connectivity index (χ4v) is 62.2. The Morgan fingerprint density at radius 1 is 0.700 bits per heavy atom. The summed E-state index contributed by atoms with van der Waals surface area (Å²) < 4.78 is 5.84. The summed E-state index contributed by atoms with van der Waals surface area (Å²) in [5, 5.41) is 1.03. The molecule has 0 N–H and O–H groups in total. The third-order valence-corrected chi connectivity index (χ3v) is 54.2. The number of rotatable bonds is 3. The molecule has 1 aliphatic heterocycles. The quantitative estimate of drug-likeness (QED) is 0.385. The Labute approximate surface area is 192 Å². The van der Waals surface area contributed by atoms with Gasteiger partial charge in [0.25, 0.3) is 0 Å². The Kier molecular flexibility index (Phi) is 7.25. The summed E-state index contributed by atoms with van der Waals surface area (Å²) in [6, 6.07) is 0. The second kappa shape index (κ2) is 7.87. The van der Waals surface area contributed by atoms with Gasteiger partial charge in [0, 0.05) is 26.0 Å². The highest BCUT2D eigenvalue weighted by atomic mass is 29.6. The minimum atomic E-state index is -2.28. The summed E-state index contributed by atoms with van der Waals surface area (Å²) in [4.78, 5) is 2.23. The molecule has 0 aromatic heterocycles. The number of hydrogen-bond donors (Lipinski definition) is 0. The van der Waals surface area contributed by atoms with Gasteiger partial charge in [0.2, 0.25) is 0 Å². The van der Waals surface area contributed by atoms with Crippen LogP contribution in [0.25, 0.3) is 0 Å². The Morgan fingerprint density at radius 3 is 1.30 bits per heavy atom. The molecule has 5 heteroatoms. The Balaban J connectivity index is 4.30. The van der Waals surface area contributed by atoms with Crippen molar-refractivity contribution >= 4 is 28.7 Å². The molecule has 1 aliphatic rings. The molecular weight excluding hydrogens is 413 g/mol. The lowest BCUT2D eigenvalue weighted by atomic mass is 10.2. The van der Waals surface area contributed by atoms with Crippen LogP contribution in [0.4, 0.5) is 0 Å². The van der Waals surface area contributed by atoms with E-state index in [1.807, 2.05) is 0 Å². The minimum Gasteiger partial charge on any atom is -0.378 e. The zero-order valence-corrected chi connectivity index (χ0v) is 26.2. The molecular formula is C25H52N2Si3. The summed E-state index contributed by atoms with van der Waals surface area (Å²) in [7, 11) is -1.97. The second-order valence-corrected chi connectivity index (χ2v) is 38.8. The largest absolute Gasteiger partial charge is 0.378 e. The van der Waals surface area contributed by atoms with E-state index in [0.717, 1.165) is 0 Å². The molecule has 2 nitrogen and oxygen atoms in total. The van der Waals surface area contributed by atoms with Crippen molar-refractivity contribution in [1.82, 2.24) is 4.90 Å². The van der Waals surface area contributed by atoms with E-state index in [1.54, 1.807) is 0 Å². The fourth-order valence-electron chi connectivity index (χ4n) is 6.46. The maximum atomic E-state index is 5.84. The molecule has 0 fully saturated rings. The van der Waals surface area contributed by atoms with Crippen molar-refractivity contribution in [2.45, 2.75) is 116 Å². The number of likely N-dealkylation sites (N-methyl/N-ethyl adjacent to an activating group) is 1. The van der Waals surface area contributed by atoms with Crippen LogP contribution in [0.5, 0.6) is 0 Å². The first-order valence-corrected chi connectivity index (χ1v) is 20.7. The summed E-state index contributed by atoms with van der Waals surface area (Å²) in [6.07, 6.45) is 6.91. The number of hydrogen-bond acceptors (Lipinski definition) is 2. The van der Waals surface area contributed by atoms with Gasteiger partial charge in [-0.3, -0.25) is 0 Å². The standard InChI is InChI=1S/C25H52N2Si3/c1-22(2,3)28(15,23(4,5)6)30(20-18-21(27(13)14)17-19-26-30)29(16,24(7,8)9)25(10,11)12/h17-20H,1-16H3. The summed E-state index contributed by atoms with van der Waals surface area (Å²) in [6.45, 7) is 35.7. The normalized spacial score (nSPS) is 18.9. The van der Waals surface area contributed by atoms with Gasteiger partial charge < -0.3 is 9.56 Å². The highest BCUT2D eigenvalue weighted by Gasteiger charge is 2.74. The van der Waals surface area contributed by atoms with Crippen LogP contribution in [0.3, 0.4) is 0 Å². The molecule has 0 aromatic rings. The van der Waals surface area contributed by atoms with Gasteiger partial charge in [0.15, 0.2) is 7.27 Å². The monoisotopic (exact) mass is 464 g/mol. The van der Waals surface area contributed by atoms with E-state index < -0.39 is 22.5 Å². The molecule has 0 aliphatic carbocycles. The van der Waals surface area contributed by atoms with Crippen molar-refractivity contribution in [2.75, 3.05) is 14.1 Å². The topological polar surface area (TPSA) is 15.6 Å². The van der Waals surface area contributed by atoms with Crippen molar-refractivity contribution in [3.63, 3.8) is 0 Å². The smallest absolute Gasteiger partial charge is 0.183 e. The third kappa shape index (κ3) is 3.92. The molecule has 1 heterocycles. The average molecular weight is 465 g/mol. The van der Waals surface area contributed by atoms with Gasteiger partial charge in [-0.25, -0.2) is 0 Å². The maximum absolute atomic E-state index is 5.84. The third-order valence-electron chi connectivity index (χ3n) is 9.06. The lowest BCUT2D eigenvalue weighted by Gasteiger charge is -2.67. The van der Waals surface area contributed by atoms with Crippen molar-refractivity contribution in [3.05, 3.63) is 23.5 Å². The van der Waals surface area contributed by atoms with E-state index in [-0.39, 0.29) is 20.2 Å². The molecule has 30 heavy (non-hydrogen) atoms. The lowest BCUT2D eigenvalue weighted by molar-refractivity contribution is 0.531. The van der Waals surface area contributed by atoms with E-state index in [9.17, 15) is 0 Å². The van der Waals surface area contributed by atoms with E-state index in [1.165, 1.54) is 5.70 Å². The maximum Gasteiger partial charge on any atom is 0.183 e. The van der Waals surface area contributed by atoms with Gasteiger partial charge in [0.1, 0.15) is 0 Å². The van der Waals surface area contributed by atoms with Gasteiger partial charge in [-0.2, -0.15) is 0 Å². The predicted octanol–water partition coefficient (Wildman–Crippen LogP) is 8.07. The Bertz CT molecular complexity index is 651. The Morgan fingerprint density at radius 2 is 1.03 bits per heavy atom. The van der Waals surface area contributed by atoms with Crippen molar-refractivity contribution < 1.29 is 0 Å². The molecule has 0 bridgehead atoms. The number of nitrogens with zero attached hydrogens (tertiary/aromatic N) is 2. The first-order valence-electron chi connectivity index (χ1n) is 11.6. The molecule has 0 saturated heterocycles. The van der Waals surface area contributed by atoms with Crippen molar-refractivity contribution in [3.8, 4) is 0 Å². The zero-order chi connectivity index (χ0) is 24.2. The summed E-state index contributed by atoms with van der Waals surface area (Å²) >= 11 is 0. The number of allylic oxidation sites excluding steroid dienone is 2. The van der Waals surface area contributed by atoms with E-state index in [4.69, 9.17) is 4.66 Å². The molecule has 0 amide bonds. The van der Waals surface area contributed by atoms with Crippen LogP contribution in [0, 0.1) is 0 Å². The SMILES string of the molecule is CN(C)C1=CC=N[Si]([Si](C)(C(C)(C)C)C(C)(C)C)([Si](C)(C(C)(C)C)C(C)(C)C)C=C1. The van der Waals surface area contributed by atoms with E-state index in [0.29, 0.717) is 0 Å². The van der Waals surface area contributed by atoms with Crippen LogP contribution >= 0.6 is 0 Å². The van der Waals surface area contributed by atoms with Crippen LogP contribution in [0.2, 0.25) is 33.2 Å². The highest BCUT2D eigenvalue weighted by molar-refractivity contribution is 7.72. The molecule has 0 unspecified atom stereocenters. The molecule has 0 atom stereocenters. The van der Waals surface area contributed by atoms with Crippen molar-refractivity contribution in [1.29, 1.82) is 0 Å². The second-order valence-electron chi connectivity index (χ2n) is 14.1. The van der Waals surface area contributed by atoms with Gasteiger partial charge in [-0.15, -0.1) is 0 Å². The first kappa shape index (κ1) is 27.6. The van der Waals surface area contributed by atoms with E-state index >= 15 is 0 Å². The highest BCUT2D eigenvalue weighted by Crippen LogP contribution is 2.65. The lowest BCUT2D eigenvalue weighted by Crippen LogP contribution is -2.83. The fraction of sp³-hybridized carbons (Fsp3) is 0.800. The molecule has 174 valence electrons. The average Bonchev–Trinajstić information content (AvgIpc) is 2.72. The van der Waals surface area contributed by atoms with E-state index in [2.05, 4.69) is 139 Å². The van der Waals surface area contributed by atoms with Crippen LogP contribution < -0.4 is 0 Å². The van der Waals surface area contributed by atoms with Crippen molar-refractivity contribution in [2.24, 2.45) is 4.66 Å². The van der Waals surface area contributed by atoms with Gasteiger partial charge in [-0.1, -0.05) is 102 Å². The molecule has 1 rings (SSSR count). The molecule has 0 spiro atoms. The van der Waals surface area contributed by atoms with Crippen LogP contribution in [0.1, 0.15) is 83.1 Å². The molecule has 0 saturated carbocycles. The molecule has 0 radical (unpaired) electrons. The van der Waals surface area contributed by atoms with Gasteiger partial charge >= 0.3 is 0 Å². The van der Waals surface area contributed by atoms with Crippen LogP contribution in [-0.4, -0.2) is 47.7 Å². The summed E-state index contributed by atoms with van der Waals surface area (Å²) in [5.41, 5.74) is 4.00. The zero-order valence-electron chi connectivity index (χ0n) is 23.2. The minimum absolute atomic E-state index is 0.256. The van der Waals surface area contributed by atoms with Gasteiger partial charge in [-0.05, 0) is 32.3 Å². The predicted molar refractivity (Wildman–Crippen MR) is 147 cm³/mol.